The Kier molecular flexibility index (Phi) is 8.51. The quantitative estimate of drug-likeness (QED) is 0.369. The van der Waals surface area contributed by atoms with Crippen molar-refractivity contribution in [2.45, 2.75) is 12.1 Å². The maximum atomic E-state index is 12.7. The number of carboxylic acids is 1. The van der Waals surface area contributed by atoms with Gasteiger partial charge in [-0.3, -0.25) is 9.52 Å². The van der Waals surface area contributed by atoms with Crippen LogP contribution in [0.1, 0.15) is 17.2 Å². The normalized spacial score (nSPS) is 13.3. The topological polar surface area (TPSA) is 167 Å². The van der Waals surface area contributed by atoms with Crippen molar-refractivity contribution in [3.05, 3.63) is 46.9 Å². The fourth-order valence-electron chi connectivity index (χ4n) is 2.91. The standard InChI is InChI=1S/C21H26N2O9S/c1-29-13-10-17(31-3)14(18(11-13)32-4)7-8-33(27,28)23-12-5-6-16(30-2)15(9-12)20(24)19(22)21(25)26/h5-11,19-20,23-24H,22H2,1-4H3,(H,25,26)/b8-7+/t19-,20?/m1/s1. The molecule has 2 aromatic carbocycles. The number of aliphatic carboxylic acids is 1. The molecule has 0 spiro atoms. The zero-order valence-electron chi connectivity index (χ0n) is 18.4. The molecule has 0 fully saturated rings. The van der Waals surface area contributed by atoms with Crippen molar-refractivity contribution in [1.29, 1.82) is 0 Å². The number of nitrogens with two attached hydrogens (primary N) is 1. The monoisotopic (exact) mass is 482 g/mol. The molecule has 0 aliphatic rings. The van der Waals surface area contributed by atoms with E-state index in [2.05, 4.69) is 4.72 Å². The van der Waals surface area contributed by atoms with Crippen LogP contribution in [0.2, 0.25) is 0 Å². The van der Waals surface area contributed by atoms with Gasteiger partial charge in [0.1, 0.15) is 35.1 Å². The van der Waals surface area contributed by atoms with E-state index in [0.717, 1.165) is 5.41 Å². The highest BCUT2D eigenvalue weighted by atomic mass is 32.2. The molecular weight excluding hydrogens is 456 g/mol. The van der Waals surface area contributed by atoms with Crippen molar-refractivity contribution in [2.75, 3.05) is 33.2 Å². The summed E-state index contributed by atoms with van der Waals surface area (Å²) in [6, 6.07) is 5.52. The number of rotatable bonds is 11. The molecule has 12 heteroatoms. The molecule has 0 amide bonds. The maximum absolute atomic E-state index is 12.7. The van der Waals surface area contributed by atoms with E-state index < -0.39 is 28.1 Å². The number of aliphatic hydroxyl groups excluding tert-OH is 1. The van der Waals surface area contributed by atoms with Crippen LogP contribution in [0, 0.1) is 0 Å². The lowest BCUT2D eigenvalue weighted by atomic mass is 10.0. The summed E-state index contributed by atoms with van der Waals surface area (Å²) in [6.07, 6.45) is -0.343. The highest BCUT2D eigenvalue weighted by Gasteiger charge is 2.27. The Morgan fingerprint density at radius 3 is 2.06 bits per heavy atom. The largest absolute Gasteiger partial charge is 0.496 e. The molecule has 33 heavy (non-hydrogen) atoms. The zero-order chi connectivity index (χ0) is 24.8. The number of benzene rings is 2. The Bertz CT molecular complexity index is 1110. The van der Waals surface area contributed by atoms with E-state index in [-0.39, 0.29) is 17.0 Å². The first-order valence-electron chi connectivity index (χ1n) is 9.42. The first kappa shape index (κ1) is 25.8. The van der Waals surface area contributed by atoms with Crippen molar-refractivity contribution in [2.24, 2.45) is 5.73 Å². The summed E-state index contributed by atoms with van der Waals surface area (Å²) in [5.41, 5.74) is 5.92. The Labute approximate surface area is 191 Å². The van der Waals surface area contributed by atoms with Crippen molar-refractivity contribution in [1.82, 2.24) is 0 Å². The van der Waals surface area contributed by atoms with Crippen molar-refractivity contribution in [3.8, 4) is 23.0 Å². The first-order valence-corrected chi connectivity index (χ1v) is 11.0. The highest BCUT2D eigenvalue weighted by molar-refractivity contribution is 7.95. The summed E-state index contributed by atoms with van der Waals surface area (Å²) in [5, 5.41) is 20.3. The van der Waals surface area contributed by atoms with Crippen LogP contribution in [-0.4, -0.2) is 59.1 Å². The number of nitrogens with one attached hydrogen (secondary N) is 1. The van der Waals surface area contributed by atoms with Gasteiger partial charge in [-0.25, -0.2) is 8.42 Å². The average Bonchev–Trinajstić information content (AvgIpc) is 2.80. The Morgan fingerprint density at radius 2 is 1.58 bits per heavy atom. The molecule has 180 valence electrons. The van der Waals surface area contributed by atoms with Crippen LogP contribution in [0.25, 0.3) is 6.08 Å². The van der Waals surface area contributed by atoms with Crippen LogP contribution < -0.4 is 29.4 Å². The third-order valence-electron chi connectivity index (χ3n) is 4.60. The van der Waals surface area contributed by atoms with E-state index >= 15 is 0 Å². The maximum Gasteiger partial charge on any atom is 0.323 e. The molecule has 0 bridgehead atoms. The van der Waals surface area contributed by atoms with Gasteiger partial charge in [0.05, 0.1) is 39.4 Å². The molecule has 0 aliphatic carbocycles. The number of sulfonamides is 1. The van der Waals surface area contributed by atoms with E-state index in [9.17, 15) is 18.3 Å². The van der Waals surface area contributed by atoms with Crippen LogP contribution in [-0.2, 0) is 14.8 Å². The molecule has 0 heterocycles. The zero-order valence-corrected chi connectivity index (χ0v) is 19.3. The number of carboxylic acid groups (broad SMARTS) is 1. The lowest BCUT2D eigenvalue weighted by Crippen LogP contribution is -2.36. The van der Waals surface area contributed by atoms with Crippen LogP contribution in [0.3, 0.4) is 0 Å². The van der Waals surface area contributed by atoms with Crippen LogP contribution in [0.5, 0.6) is 23.0 Å². The molecule has 0 saturated carbocycles. The van der Waals surface area contributed by atoms with Crippen LogP contribution >= 0.6 is 0 Å². The summed E-state index contributed by atoms with van der Waals surface area (Å²) in [5.74, 6) is -0.165. The number of methoxy groups -OCH3 is 4. The predicted octanol–water partition coefficient (Wildman–Crippen LogP) is 1.58. The Balaban J connectivity index is 2.38. The summed E-state index contributed by atoms with van der Waals surface area (Å²) in [7, 11) is 1.60. The molecule has 2 rings (SSSR count). The number of hydrogen-bond acceptors (Lipinski definition) is 9. The van der Waals surface area contributed by atoms with E-state index in [4.69, 9.17) is 29.8 Å². The number of hydrogen-bond donors (Lipinski definition) is 4. The second-order valence-corrected chi connectivity index (χ2v) is 8.23. The highest BCUT2D eigenvalue weighted by Crippen LogP contribution is 2.35. The van der Waals surface area contributed by atoms with Gasteiger partial charge in [0, 0.05) is 23.4 Å². The minimum Gasteiger partial charge on any atom is -0.496 e. The van der Waals surface area contributed by atoms with E-state index in [1.165, 1.54) is 52.7 Å². The van der Waals surface area contributed by atoms with Gasteiger partial charge in [0.2, 0.25) is 0 Å². The molecule has 0 aliphatic heterocycles. The fraction of sp³-hybridized carbons (Fsp3) is 0.286. The third-order valence-corrected chi connectivity index (χ3v) is 5.62. The SMILES string of the molecule is COc1cc(OC)c(/C=C/S(=O)(=O)Nc2ccc(OC)c(C(O)[C@@H](N)C(=O)O)c2)c(OC)c1. The molecule has 2 aromatic rings. The molecule has 5 N–H and O–H groups in total. The minimum absolute atomic E-state index is 0.00933. The summed E-state index contributed by atoms with van der Waals surface area (Å²) >= 11 is 0. The Morgan fingerprint density at radius 1 is 1.00 bits per heavy atom. The second-order valence-electron chi connectivity index (χ2n) is 6.66. The molecule has 11 nitrogen and oxygen atoms in total. The number of aliphatic hydroxyl groups is 1. The number of carbonyl (C=O) groups is 1. The number of ether oxygens (including phenoxy) is 4. The molecule has 1 unspecified atom stereocenters. The predicted molar refractivity (Wildman–Crippen MR) is 121 cm³/mol. The lowest BCUT2D eigenvalue weighted by molar-refractivity contribution is -0.141. The van der Waals surface area contributed by atoms with Gasteiger partial charge >= 0.3 is 5.97 Å². The summed E-state index contributed by atoms with van der Waals surface area (Å²) in [4.78, 5) is 11.1. The van der Waals surface area contributed by atoms with Gasteiger partial charge in [-0.15, -0.1) is 0 Å². The lowest BCUT2D eigenvalue weighted by Gasteiger charge is -2.19. The second kappa shape index (κ2) is 10.9. The molecule has 0 aromatic heterocycles. The van der Waals surface area contributed by atoms with Crippen molar-refractivity contribution in [3.63, 3.8) is 0 Å². The average molecular weight is 483 g/mol. The van der Waals surface area contributed by atoms with Gasteiger partial charge < -0.3 is 34.9 Å². The van der Waals surface area contributed by atoms with Gasteiger partial charge in [0.15, 0.2) is 0 Å². The van der Waals surface area contributed by atoms with Gasteiger partial charge in [0.25, 0.3) is 10.0 Å². The van der Waals surface area contributed by atoms with Gasteiger partial charge in [-0.1, -0.05) is 0 Å². The van der Waals surface area contributed by atoms with E-state index in [1.54, 1.807) is 12.1 Å². The summed E-state index contributed by atoms with van der Waals surface area (Å²) < 4.78 is 48.5. The third kappa shape index (κ3) is 6.28. The van der Waals surface area contributed by atoms with E-state index in [0.29, 0.717) is 22.8 Å². The first-order chi connectivity index (χ1) is 15.6. The van der Waals surface area contributed by atoms with Gasteiger partial charge in [-0.05, 0) is 24.3 Å². The minimum atomic E-state index is -4.04. The fourth-order valence-corrected chi connectivity index (χ4v) is 3.75. The Hall–Kier alpha value is -3.48. The number of anilines is 1. The summed E-state index contributed by atoms with van der Waals surface area (Å²) in [6.45, 7) is 0. The smallest absolute Gasteiger partial charge is 0.323 e. The molecule has 0 saturated heterocycles. The van der Waals surface area contributed by atoms with Crippen molar-refractivity contribution >= 4 is 27.8 Å². The molecular formula is C21H26N2O9S. The van der Waals surface area contributed by atoms with E-state index in [1.807, 2.05) is 0 Å². The van der Waals surface area contributed by atoms with Crippen LogP contribution in [0.4, 0.5) is 5.69 Å². The van der Waals surface area contributed by atoms with Crippen LogP contribution in [0.15, 0.2) is 35.7 Å². The van der Waals surface area contributed by atoms with Gasteiger partial charge in [-0.2, -0.15) is 0 Å². The molecule has 2 atom stereocenters. The van der Waals surface area contributed by atoms with Crippen molar-refractivity contribution < 1.29 is 42.4 Å². The molecule has 0 radical (unpaired) electrons.